The summed E-state index contributed by atoms with van der Waals surface area (Å²) in [5.74, 6) is 1.92. The summed E-state index contributed by atoms with van der Waals surface area (Å²) in [5.41, 5.74) is 2.00. The first-order valence-electron chi connectivity index (χ1n) is 13.2. The molecule has 32 heavy (non-hydrogen) atoms. The molecular formula is C27H41NO4. The minimum atomic E-state index is -0.483. The molecule has 3 N–H and O–H groups in total. The average Bonchev–Trinajstić information content (AvgIpc) is 3.19. The van der Waals surface area contributed by atoms with Gasteiger partial charge in [0.2, 0.25) is 0 Å². The largest absolute Gasteiger partial charge is 0.393 e. The van der Waals surface area contributed by atoms with E-state index in [0.29, 0.717) is 42.4 Å². The lowest BCUT2D eigenvalue weighted by molar-refractivity contribution is -0.150. The van der Waals surface area contributed by atoms with E-state index in [9.17, 15) is 15.0 Å². The van der Waals surface area contributed by atoms with E-state index in [0.717, 1.165) is 38.6 Å². The van der Waals surface area contributed by atoms with E-state index in [2.05, 4.69) is 33.0 Å². The highest BCUT2D eigenvalue weighted by molar-refractivity contribution is 5.84. The van der Waals surface area contributed by atoms with Crippen LogP contribution in [0.25, 0.3) is 0 Å². The first-order valence-corrected chi connectivity index (χ1v) is 13.2. The van der Waals surface area contributed by atoms with Gasteiger partial charge in [-0.2, -0.15) is 0 Å². The molecule has 2 saturated heterocycles. The lowest BCUT2D eigenvalue weighted by Gasteiger charge is -2.53. The molecule has 5 nitrogen and oxygen atoms in total. The van der Waals surface area contributed by atoms with Crippen molar-refractivity contribution in [1.29, 1.82) is 0 Å². The predicted molar refractivity (Wildman–Crippen MR) is 122 cm³/mol. The molecule has 3 saturated carbocycles. The summed E-state index contributed by atoms with van der Waals surface area (Å²) < 4.78 is 6.93. The van der Waals surface area contributed by atoms with Crippen LogP contribution in [-0.4, -0.2) is 52.5 Å². The molecule has 5 heteroatoms. The van der Waals surface area contributed by atoms with Crippen molar-refractivity contribution in [3.05, 3.63) is 11.1 Å². The second-order valence-electron chi connectivity index (χ2n) is 12.6. The topological polar surface area (TPSA) is 78.8 Å². The lowest BCUT2D eigenvalue weighted by atomic mass is 9.51. The number of nitrogens with one attached hydrogen (secondary N) is 1. The third-order valence-corrected chi connectivity index (χ3v) is 11.2. The Morgan fingerprint density at radius 2 is 1.91 bits per heavy atom. The monoisotopic (exact) mass is 443 g/mol. The number of hydrogen-bond acceptors (Lipinski definition) is 5. The number of ketones is 1. The van der Waals surface area contributed by atoms with E-state index in [1.807, 2.05) is 0 Å². The fourth-order valence-electron chi connectivity index (χ4n) is 9.60. The standard InChI is InChI=1S/C27H41NO4/c1-13-9-21-24(28-12-13)15(3)27(32-21)8-6-17-18-11-20(30)19-10-16(29)5-7-26(19,4)23(18)25(31)22(17)14(27)2/h13,15-19,21,23-25,28-29,31H,5-12H2,1-4H3/t13-,15+,16-,17+,18-,19+,21+,23-,24-,25-,26-,27-/m0/s1. The number of hydrogen-bond donors (Lipinski definition) is 3. The summed E-state index contributed by atoms with van der Waals surface area (Å²) in [6.45, 7) is 10.2. The maximum Gasteiger partial charge on any atom is 0.136 e. The molecule has 2 heterocycles. The number of carbonyl (C=O) groups excluding carboxylic acids is 1. The Balaban J connectivity index is 1.39. The van der Waals surface area contributed by atoms with Crippen molar-refractivity contribution < 1.29 is 19.7 Å². The number of aliphatic hydroxyl groups is 2. The quantitative estimate of drug-likeness (QED) is 0.501. The molecule has 0 bridgehead atoms. The fourth-order valence-corrected chi connectivity index (χ4v) is 9.60. The van der Waals surface area contributed by atoms with Crippen molar-refractivity contribution in [2.24, 2.45) is 40.9 Å². The number of carbonyl (C=O) groups is 1. The summed E-state index contributed by atoms with van der Waals surface area (Å²) in [5, 5.41) is 25.9. The molecule has 0 unspecified atom stereocenters. The van der Waals surface area contributed by atoms with Crippen LogP contribution in [0.3, 0.4) is 0 Å². The van der Waals surface area contributed by atoms with Gasteiger partial charge in [0.1, 0.15) is 5.78 Å². The van der Waals surface area contributed by atoms with Crippen LogP contribution in [0.2, 0.25) is 0 Å². The number of aliphatic hydroxyl groups excluding tert-OH is 2. The molecule has 2 aliphatic heterocycles. The number of fused-ring (bicyclic) bond motifs is 6. The van der Waals surface area contributed by atoms with Crippen LogP contribution < -0.4 is 5.32 Å². The summed E-state index contributed by atoms with van der Waals surface area (Å²) in [6.07, 6.45) is 5.26. The second kappa shape index (κ2) is 7.13. The molecule has 1 spiro atoms. The Morgan fingerprint density at radius 3 is 2.69 bits per heavy atom. The third-order valence-electron chi connectivity index (χ3n) is 11.2. The van der Waals surface area contributed by atoms with Crippen LogP contribution in [-0.2, 0) is 9.53 Å². The average molecular weight is 444 g/mol. The van der Waals surface area contributed by atoms with Crippen LogP contribution in [0.4, 0.5) is 0 Å². The normalized spacial score (nSPS) is 57.2. The first-order chi connectivity index (χ1) is 15.2. The molecule has 6 rings (SSSR count). The van der Waals surface area contributed by atoms with Gasteiger partial charge in [0.25, 0.3) is 0 Å². The van der Waals surface area contributed by atoms with E-state index < -0.39 is 6.10 Å². The Bertz CT molecular complexity index is 855. The van der Waals surface area contributed by atoms with Gasteiger partial charge in [0, 0.05) is 24.3 Å². The molecule has 12 atom stereocenters. The van der Waals surface area contributed by atoms with Crippen molar-refractivity contribution in [2.75, 3.05) is 6.54 Å². The molecule has 0 aromatic carbocycles. The van der Waals surface area contributed by atoms with Crippen molar-refractivity contribution in [1.82, 2.24) is 5.32 Å². The second-order valence-corrected chi connectivity index (χ2v) is 12.6. The maximum atomic E-state index is 13.2. The Labute approximate surface area is 192 Å². The summed E-state index contributed by atoms with van der Waals surface area (Å²) in [6, 6.07) is 0.391. The number of rotatable bonds is 0. The lowest BCUT2D eigenvalue weighted by Crippen LogP contribution is -2.53. The van der Waals surface area contributed by atoms with Gasteiger partial charge < -0.3 is 20.3 Å². The van der Waals surface area contributed by atoms with E-state index in [4.69, 9.17) is 4.74 Å². The number of ether oxygens (including phenoxy) is 1. The van der Waals surface area contributed by atoms with Crippen LogP contribution in [0.5, 0.6) is 0 Å². The van der Waals surface area contributed by atoms with Gasteiger partial charge in [-0.25, -0.2) is 0 Å². The maximum absolute atomic E-state index is 13.2. The fraction of sp³-hybridized carbons (Fsp3) is 0.889. The van der Waals surface area contributed by atoms with Crippen molar-refractivity contribution in [2.45, 2.75) is 103 Å². The van der Waals surface area contributed by atoms with Crippen LogP contribution in [0, 0.1) is 40.9 Å². The zero-order chi connectivity index (χ0) is 22.6. The molecule has 178 valence electrons. The van der Waals surface area contributed by atoms with Crippen molar-refractivity contribution in [3.63, 3.8) is 0 Å². The van der Waals surface area contributed by atoms with Gasteiger partial charge in [-0.05, 0) is 92.2 Å². The zero-order valence-corrected chi connectivity index (χ0v) is 20.1. The van der Waals surface area contributed by atoms with Crippen molar-refractivity contribution >= 4 is 5.78 Å². The molecule has 0 radical (unpaired) electrons. The highest BCUT2D eigenvalue weighted by Crippen LogP contribution is 2.65. The summed E-state index contributed by atoms with van der Waals surface area (Å²) in [4.78, 5) is 13.2. The number of Topliss-reactive ketones (excluding diaryl/α,β-unsaturated/α-hetero) is 1. The van der Waals surface area contributed by atoms with E-state index in [1.54, 1.807) is 0 Å². The van der Waals surface area contributed by atoms with Crippen LogP contribution in [0.1, 0.15) is 72.6 Å². The highest BCUT2D eigenvalue weighted by Gasteiger charge is 2.65. The SMILES string of the molecule is CC1=C2[C@H](O)[C@@H]3[C@@H](CC(=O)[C@H]4C[C@@H](O)CC[C@]34C)[C@H]2CC[C@]12O[C@@H]1C[C@H](C)CN[C@H]1[C@H]2C. The Hall–Kier alpha value is -0.750. The molecule has 5 fully saturated rings. The van der Waals surface area contributed by atoms with Gasteiger partial charge in [0.05, 0.1) is 23.9 Å². The minimum Gasteiger partial charge on any atom is -0.393 e. The van der Waals surface area contributed by atoms with E-state index >= 15 is 0 Å². The first kappa shape index (κ1) is 21.8. The highest BCUT2D eigenvalue weighted by atomic mass is 16.5. The Morgan fingerprint density at radius 1 is 1.12 bits per heavy atom. The molecule has 4 aliphatic carbocycles. The molecule has 0 amide bonds. The zero-order valence-electron chi connectivity index (χ0n) is 20.1. The summed E-state index contributed by atoms with van der Waals surface area (Å²) >= 11 is 0. The van der Waals surface area contributed by atoms with Crippen molar-refractivity contribution in [3.8, 4) is 0 Å². The molecular weight excluding hydrogens is 402 g/mol. The van der Waals surface area contributed by atoms with Gasteiger partial charge in [-0.3, -0.25) is 4.79 Å². The van der Waals surface area contributed by atoms with Crippen LogP contribution >= 0.6 is 0 Å². The smallest absolute Gasteiger partial charge is 0.136 e. The van der Waals surface area contributed by atoms with Crippen LogP contribution in [0.15, 0.2) is 11.1 Å². The molecule has 6 aliphatic rings. The predicted octanol–water partition coefficient (Wildman–Crippen LogP) is 3.23. The molecule has 0 aromatic rings. The minimum absolute atomic E-state index is 0.104. The summed E-state index contributed by atoms with van der Waals surface area (Å²) in [7, 11) is 0. The van der Waals surface area contributed by atoms with Gasteiger partial charge in [-0.15, -0.1) is 0 Å². The Kier molecular flexibility index (Phi) is 4.85. The molecule has 0 aromatic heterocycles. The van der Waals surface area contributed by atoms with Gasteiger partial charge in [0.15, 0.2) is 0 Å². The van der Waals surface area contributed by atoms with Gasteiger partial charge in [-0.1, -0.05) is 20.8 Å². The van der Waals surface area contributed by atoms with E-state index in [1.165, 1.54) is 11.1 Å². The third kappa shape index (κ3) is 2.68. The van der Waals surface area contributed by atoms with E-state index in [-0.39, 0.29) is 41.0 Å². The number of piperidine rings is 1. The van der Waals surface area contributed by atoms with Gasteiger partial charge >= 0.3 is 0 Å².